The summed E-state index contributed by atoms with van der Waals surface area (Å²) in [4.78, 5) is 31.8. The van der Waals surface area contributed by atoms with Crippen LogP contribution in [0.25, 0.3) is 10.2 Å². The number of hydrogen-bond acceptors (Lipinski definition) is 5. The highest BCUT2D eigenvalue weighted by atomic mass is 35.5. The minimum Gasteiger partial charge on any atom is -0.495 e. The first-order valence-electron chi connectivity index (χ1n) is 8.34. The van der Waals surface area contributed by atoms with Crippen LogP contribution in [-0.4, -0.2) is 22.6 Å². The van der Waals surface area contributed by atoms with Gasteiger partial charge in [0.1, 0.15) is 22.9 Å². The van der Waals surface area contributed by atoms with Crippen LogP contribution in [0.2, 0.25) is 5.02 Å². The van der Waals surface area contributed by atoms with Crippen LogP contribution in [0.15, 0.2) is 16.9 Å². The summed E-state index contributed by atoms with van der Waals surface area (Å²) >= 11 is 7.59. The zero-order valence-corrected chi connectivity index (χ0v) is 17.3. The number of fused-ring (bicyclic) bond motifs is 1. The number of nitrogens with zero attached hydrogens (tertiary/aromatic N) is 2. The minimum atomic E-state index is -0.342. The van der Waals surface area contributed by atoms with E-state index in [2.05, 4.69) is 10.3 Å². The molecule has 0 spiro atoms. The maximum atomic E-state index is 12.9. The van der Waals surface area contributed by atoms with Gasteiger partial charge in [-0.3, -0.25) is 14.2 Å². The lowest BCUT2D eigenvalue weighted by atomic mass is 10.2. The summed E-state index contributed by atoms with van der Waals surface area (Å²) in [5.41, 5.74) is 2.03. The molecule has 1 aromatic carbocycles. The highest BCUT2D eigenvalue weighted by Crippen LogP contribution is 2.31. The van der Waals surface area contributed by atoms with E-state index in [0.717, 1.165) is 16.0 Å². The zero-order chi connectivity index (χ0) is 19.9. The molecule has 0 aliphatic rings. The highest BCUT2D eigenvalue weighted by molar-refractivity contribution is 7.18. The lowest BCUT2D eigenvalue weighted by Gasteiger charge is -2.14. The molecule has 0 saturated carbocycles. The number of anilines is 1. The van der Waals surface area contributed by atoms with E-state index in [1.807, 2.05) is 20.8 Å². The quantitative estimate of drug-likeness (QED) is 0.712. The van der Waals surface area contributed by atoms with Crippen molar-refractivity contribution in [1.82, 2.24) is 9.55 Å². The Balaban J connectivity index is 1.94. The number of carbonyl (C=O) groups excluding carboxylic acids is 1. The Morgan fingerprint density at radius 1 is 1.30 bits per heavy atom. The zero-order valence-electron chi connectivity index (χ0n) is 15.8. The maximum absolute atomic E-state index is 12.9. The van der Waals surface area contributed by atoms with Gasteiger partial charge in [-0.05, 0) is 44.9 Å². The summed E-state index contributed by atoms with van der Waals surface area (Å²) < 4.78 is 6.67. The number of aryl methyl sites for hydroxylation is 4. The second kappa shape index (κ2) is 7.32. The van der Waals surface area contributed by atoms with Crippen LogP contribution in [0, 0.1) is 27.7 Å². The van der Waals surface area contributed by atoms with Gasteiger partial charge in [-0.15, -0.1) is 11.3 Å². The number of halogens is 1. The molecular formula is C19H20ClN3O3S. The largest absolute Gasteiger partial charge is 0.495 e. The van der Waals surface area contributed by atoms with Gasteiger partial charge in [0.2, 0.25) is 5.91 Å². The van der Waals surface area contributed by atoms with Crippen LogP contribution in [-0.2, 0) is 11.3 Å². The molecule has 0 atom stereocenters. The maximum Gasteiger partial charge on any atom is 0.263 e. The predicted molar refractivity (Wildman–Crippen MR) is 109 cm³/mol. The lowest BCUT2D eigenvalue weighted by Crippen LogP contribution is -2.30. The van der Waals surface area contributed by atoms with Gasteiger partial charge >= 0.3 is 0 Å². The molecular weight excluding hydrogens is 386 g/mol. The number of amides is 1. The van der Waals surface area contributed by atoms with Gasteiger partial charge in [0.05, 0.1) is 18.2 Å². The lowest BCUT2D eigenvalue weighted by molar-refractivity contribution is -0.116. The van der Waals surface area contributed by atoms with E-state index in [-0.39, 0.29) is 18.0 Å². The summed E-state index contributed by atoms with van der Waals surface area (Å²) in [6.07, 6.45) is 0. The minimum absolute atomic E-state index is 0.132. The first-order valence-corrected chi connectivity index (χ1v) is 9.53. The molecule has 1 amide bonds. The Morgan fingerprint density at radius 3 is 2.67 bits per heavy atom. The molecule has 2 aromatic heterocycles. The number of rotatable bonds is 4. The van der Waals surface area contributed by atoms with Crippen molar-refractivity contribution in [3.63, 3.8) is 0 Å². The fraction of sp³-hybridized carbons (Fsp3) is 0.316. The second-order valence-corrected chi connectivity index (χ2v) is 7.97. The first kappa shape index (κ1) is 19.4. The molecule has 142 valence electrons. The van der Waals surface area contributed by atoms with Crippen molar-refractivity contribution >= 4 is 44.7 Å². The Morgan fingerprint density at radius 2 is 2.00 bits per heavy atom. The van der Waals surface area contributed by atoms with Gasteiger partial charge in [0.25, 0.3) is 5.56 Å². The number of thiophene rings is 1. The molecule has 0 bridgehead atoms. The molecule has 0 aliphatic carbocycles. The Labute approximate surface area is 165 Å². The van der Waals surface area contributed by atoms with Crippen LogP contribution in [0.5, 0.6) is 5.75 Å². The molecule has 0 unspecified atom stereocenters. The fourth-order valence-corrected chi connectivity index (χ4v) is 4.10. The van der Waals surface area contributed by atoms with E-state index in [0.29, 0.717) is 32.5 Å². The third-order valence-corrected chi connectivity index (χ3v) is 6.04. The van der Waals surface area contributed by atoms with E-state index in [9.17, 15) is 9.59 Å². The van der Waals surface area contributed by atoms with Crippen LogP contribution >= 0.6 is 22.9 Å². The average molecular weight is 406 g/mol. The van der Waals surface area contributed by atoms with E-state index >= 15 is 0 Å². The normalized spacial score (nSPS) is 11.0. The molecule has 3 rings (SSSR count). The van der Waals surface area contributed by atoms with E-state index in [1.165, 1.54) is 23.0 Å². The van der Waals surface area contributed by atoms with Crippen molar-refractivity contribution in [3.8, 4) is 5.75 Å². The van der Waals surface area contributed by atoms with Gasteiger partial charge < -0.3 is 10.1 Å². The smallest absolute Gasteiger partial charge is 0.263 e. The molecule has 8 heteroatoms. The summed E-state index contributed by atoms with van der Waals surface area (Å²) in [7, 11) is 1.50. The van der Waals surface area contributed by atoms with Gasteiger partial charge in [-0.1, -0.05) is 11.6 Å². The van der Waals surface area contributed by atoms with Crippen LogP contribution < -0.4 is 15.6 Å². The second-order valence-electron chi connectivity index (χ2n) is 6.36. The fourth-order valence-electron chi connectivity index (χ4n) is 2.88. The SMILES string of the molecule is COc1cc(Cl)c(C)cc1NC(=O)Cn1c(C)nc2sc(C)c(C)c2c1=O. The molecule has 0 saturated heterocycles. The van der Waals surface area contributed by atoms with Gasteiger partial charge in [-0.25, -0.2) is 4.98 Å². The van der Waals surface area contributed by atoms with E-state index in [4.69, 9.17) is 16.3 Å². The van der Waals surface area contributed by atoms with Crippen molar-refractivity contribution in [1.29, 1.82) is 0 Å². The molecule has 6 nitrogen and oxygen atoms in total. The number of benzene rings is 1. The van der Waals surface area contributed by atoms with Crippen molar-refractivity contribution in [2.24, 2.45) is 0 Å². The predicted octanol–water partition coefficient (Wildman–Crippen LogP) is 3.99. The Bertz CT molecular complexity index is 1120. The standard InChI is InChI=1S/C19H20ClN3O3S/c1-9-6-14(15(26-5)7-13(9)20)22-16(24)8-23-12(4)21-18-17(19(23)25)10(2)11(3)27-18/h6-7H,8H2,1-5H3,(H,22,24). The highest BCUT2D eigenvalue weighted by Gasteiger charge is 2.17. The molecule has 0 fully saturated rings. The summed E-state index contributed by atoms with van der Waals surface area (Å²) in [6, 6.07) is 3.39. The van der Waals surface area contributed by atoms with Crippen LogP contribution in [0.4, 0.5) is 5.69 Å². The first-order chi connectivity index (χ1) is 12.7. The average Bonchev–Trinajstić information content (AvgIpc) is 2.88. The topological polar surface area (TPSA) is 73.2 Å². The molecule has 0 aliphatic heterocycles. The van der Waals surface area contributed by atoms with Crippen molar-refractivity contribution in [2.45, 2.75) is 34.2 Å². The monoisotopic (exact) mass is 405 g/mol. The van der Waals surface area contributed by atoms with Crippen molar-refractivity contribution in [3.05, 3.63) is 49.3 Å². The number of aromatic nitrogens is 2. The van der Waals surface area contributed by atoms with Crippen LogP contribution in [0.1, 0.15) is 21.8 Å². The molecule has 2 heterocycles. The molecule has 3 aromatic rings. The number of carbonyl (C=O) groups is 1. The third-order valence-electron chi connectivity index (χ3n) is 4.54. The van der Waals surface area contributed by atoms with E-state index < -0.39 is 0 Å². The van der Waals surface area contributed by atoms with Crippen molar-refractivity contribution < 1.29 is 9.53 Å². The summed E-state index contributed by atoms with van der Waals surface area (Å²) in [6.45, 7) is 7.30. The number of hydrogen-bond donors (Lipinski definition) is 1. The molecule has 27 heavy (non-hydrogen) atoms. The Kier molecular flexibility index (Phi) is 5.26. The van der Waals surface area contributed by atoms with E-state index in [1.54, 1.807) is 19.1 Å². The molecule has 0 radical (unpaired) electrons. The van der Waals surface area contributed by atoms with Crippen molar-refractivity contribution in [2.75, 3.05) is 12.4 Å². The van der Waals surface area contributed by atoms with Gasteiger partial charge in [0.15, 0.2) is 0 Å². The Hall–Kier alpha value is -2.38. The van der Waals surface area contributed by atoms with Gasteiger partial charge in [0, 0.05) is 16.0 Å². The third kappa shape index (κ3) is 3.57. The summed E-state index contributed by atoms with van der Waals surface area (Å²) in [5, 5.41) is 3.92. The number of ether oxygens (including phenoxy) is 1. The molecule has 1 N–H and O–H groups in total. The summed E-state index contributed by atoms with van der Waals surface area (Å²) in [5.74, 6) is 0.620. The van der Waals surface area contributed by atoms with Gasteiger partial charge in [-0.2, -0.15) is 0 Å². The number of methoxy groups -OCH3 is 1. The van der Waals surface area contributed by atoms with Crippen LogP contribution in [0.3, 0.4) is 0 Å². The number of nitrogens with one attached hydrogen (secondary N) is 1.